The lowest BCUT2D eigenvalue weighted by Crippen LogP contribution is -1.88. The second-order valence-corrected chi connectivity index (χ2v) is 5.81. The van der Waals surface area contributed by atoms with E-state index in [1.807, 2.05) is 36.4 Å². The summed E-state index contributed by atoms with van der Waals surface area (Å²) in [7, 11) is 0. The lowest BCUT2D eigenvalue weighted by Gasteiger charge is -2.10. The number of rotatable bonds is 3. The molecule has 0 aliphatic rings. The molecular weight excluding hydrogens is 292 g/mol. The van der Waals surface area contributed by atoms with Gasteiger partial charge in [0.25, 0.3) is 0 Å². The highest BCUT2D eigenvalue weighted by molar-refractivity contribution is 6.02. The van der Waals surface area contributed by atoms with E-state index in [4.69, 9.17) is 0 Å². The summed E-state index contributed by atoms with van der Waals surface area (Å²) in [6.07, 6.45) is 0.923. The predicted molar refractivity (Wildman–Crippen MR) is 100 cm³/mol. The van der Waals surface area contributed by atoms with Crippen LogP contribution in [0, 0.1) is 0 Å². The van der Waals surface area contributed by atoms with E-state index in [-0.39, 0.29) is 0 Å². The van der Waals surface area contributed by atoms with E-state index < -0.39 is 0 Å². The van der Waals surface area contributed by atoms with Gasteiger partial charge in [-0.25, -0.2) is 0 Å². The SMILES string of the molecule is O=Cc1ccccc1-c1cccc2cc(-c3ccccc3)ccc12. The fourth-order valence-corrected chi connectivity index (χ4v) is 3.17. The minimum atomic E-state index is 0.720. The molecule has 0 bridgehead atoms. The summed E-state index contributed by atoms with van der Waals surface area (Å²) in [5.41, 5.74) is 5.19. The molecule has 0 N–H and O–H groups in total. The number of hydrogen-bond donors (Lipinski definition) is 0. The Hall–Kier alpha value is -3.19. The van der Waals surface area contributed by atoms with Crippen LogP contribution in [0.2, 0.25) is 0 Å². The molecule has 0 atom stereocenters. The quantitative estimate of drug-likeness (QED) is 0.425. The summed E-state index contributed by atoms with van der Waals surface area (Å²) >= 11 is 0. The van der Waals surface area contributed by atoms with Crippen molar-refractivity contribution in [1.29, 1.82) is 0 Å². The summed E-state index contributed by atoms with van der Waals surface area (Å²) in [4.78, 5) is 11.4. The minimum Gasteiger partial charge on any atom is -0.298 e. The molecule has 0 aliphatic heterocycles. The monoisotopic (exact) mass is 308 g/mol. The zero-order chi connectivity index (χ0) is 16.4. The number of carbonyl (C=O) groups is 1. The number of carbonyl (C=O) groups excluding carboxylic acids is 1. The molecule has 4 aromatic carbocycles. The largest absolute Gasteiger partial charge is 0.298 e. The van der Waals surface area contributed by atoms with Gasteiger partial charge in [-0.15, -0.1) is 0 Å². The Morgan fingerprint density at radius 2 is 1.33 bits per heavy atom. The summed E-state index contributed by atoms with van der Waals surface area (Å²) in [5, 5.41) is 2.33. The summed E-state index contributed by atoms with van der Waals surface area (Å²) < 4.78 is 0. The molecule has 0 unspecified atom stereocenters. The van der Waals surface area contributed by atoms with E-state index in [1.54, 1.807) is 0 Å². The van der Waals surface area contributed by atoms with Gasteiger partial charge < -0.3 is 0 Å². The average molecular weight is 308 g/mol. The van der Waals surface area contributed by atoms with Crippen molar-refractivity contribution >= 4 is 17.1 Å². The highest BCUT2D eigenvalue weighted by Gasteiger charge is 2.08. The van der Waals surface area contributed by atoms with Crippen LogP contribution in [0.5, 0.6) is 0 Å². The first kappa shape index (κ1) is 14.4. The molecule has 24 heavy (non-hydrogen) atoms. The van der Waals surface area contributed by atoms with Crippen molar-refractivity contribution in [3.63, 3.8) is 0 Å². The lowest BCUT2D eigenvalue weighted by atomic mass is 9.93. The van der Waals surface area contributed by atoms with E-state index in [1.165, 1.54) is 16.5 Å². The zero-order valence-corrected chi connectivity index (χ0v) is 13.1. The van der Waals surface area contributed by atoms with Crippen LogP contribution in [0.1, 0.15) is 10.4 Å². The third-order valence-corrected chi connectivity index (χ3v) is 4.37. The second kappa shape index (κ2) is 6.13. The van der Waals surface area contributed by atoms with Gasteiger partial charge in [0.15, 0.2) is 6.29 Å². The van der Waals surface area contributed by atoms with Gasteiger partial charge in [-0.3, -0.25) is 4.79 Å². The molecule has 0 aromatic heterocycles. The molecule has 0 fully saturated rings. The smallest absolute Gasteiger partial charge is 0.150 e. The Labute approximate surface area is 141 Å². The number of fused-ring (bicyclic) bond motifs is 1. The topological polar surface area (TPSA) is 17.1 Å². The Bertz CT molecular complexity index is 1020. The minimum absolute atomic E-state index is 0.720. The third kappa shape index (κ3) is 2.50. The van der Waals surface area contributed by atoms with Crippen molar-refractivity contribution < 1.29 is 4.79 Å². The molecule has 0 spiro atoms. The fraction of sp³-hybridized carbons (Fsp3) is 0. The van der Waals surface area contributed by atoms with E-state index >= 15 is 0 Å². The first-order valence-corrected chi connectivity index (χ1v) is 7.99. The summed E-state index contributed by atoms with van der Waals surface area (Å²) in [6.45, 7) is 0. The molecule has 0 saturated carbocycles. The predicted octanol–water partition coefficient (Wildman–Crippen LogP) is 5.99. The van der Waals surface area contributed by atoms with Gasteiger partial charge in [0.2, 0.25) is 0 Å². The van der Waals surface area contributed by atoms with Crippen molar-refractivity contribution in [1.82, 2.24) is 0 Å². The third-order valence-electron chi connectivity index (χ3n) is 4.37. The Balaban J connectivity index is 1.92. The van der Waals surface area contributed by atoms with Crippen LogP contribution < -0.4 is 0 Å². The first-order valence-electron chi connectivity index (χ1n) is 7.99. The normalized spacial score (nSPS) is 10.7. The highest BCUT2D eigenvalue weighted by Crippen LogP contribution is 2.33. The lowest BCUT2D eigenvalue weighted by molar-refractivity contribution is 0.112. The molecule has 0 heterocycles. The van der Waals surface area contributed by atoms with E-state index in [0.29, 0.717) is 0 Å². The summed E-state index contributed by atoms with van der Waals surface area (Å²) in [5.74, 6) is 0. The maximum Gasteiger partial charge on any atom is 0.150 e. The van der Waals surface area contributed by atoms with Crippen LogP contribution in [0.15, 0.2) is 91.0 Å². The van der Waals surface area contributed by atoms with Gasteiger partial charge in [0, 0.05) is 5.56 Å². The standard InChI is InChI=1S/C23H16O/c24-16-20-9-4-5-11-21(20)23-12-6-10-19-15-18(13-14-22(19)23)17-7-2-1-3-8-17/h1-16H. The van der Waals surface area contributed by atoms with Crippen LogP contribution >= 0.6 is 0 Å². The zero-order valence-electron chi connectivity index (χ0n) is 13.1. The molecule has 0 amide bonds. The van der Waals surface area contributed by atoms with Crippen molar-refractivity contribution in [2.45, 2.75) is 0 Å². The van der Waals surface area contributed by atoms with Gasteiger partial charge in [0.1, 0.15) is 0 Å². The molecule has 4 aromatic rings. The maximum atomic E-state index is 11.4. The highest BCUT2D eigenvalue weighted by atomic mass is 16.1. The molecule has 0 saturated heterocycles. The molecular formula is C23H16O. The van der Waals surface area contributed by atoms with E-state index in [2.05, 4.69) is 54.6 Å². The average Bonchev–Trinajstić information content (AvgIpc) is 2.67. The van der Waals surface area contributed by atoms with Crippen molar-refractivity contribution in [2.75, 3.05) is 0 Å². The molecule has 114 valence electrons. The van der Waals surface area contributed by atoms with E-state index in [9.17, 15) is 4.79 Å². The second-order valence-electron chi connectivity index (χ2n) is 5.81. The fourth-order valence-electron chi connectivity index (χ4n) is 3.17. The molecule has 0 aliphatic carbocycles. The van der Waals surface area contributed by atoms with Crippen LogP contribution in [0.3, 0.4) is 0 Å². The van der Waals surface area contributed by atoms with Crippen molar-refractivity contribution in [2.24, 2.45) is 0 Å². The Morgan fingerprint density at radius 3 is 2.17 bits per heavy atom. The molecule has 1 heteroatoms. The van der Waals surface area contributed by atoms with Crippen LogP contribution in [0.4, 0.5) is 0 Å². The number of benzene rings is 4. The van der Waals surface area contributed by atoms with Crippen molar-refractivity contribution in [3.05, 3.63) is 96.6 Å². The van der Waals surface area contributed by atoms with Crippen molar-refractivity contribution in [3.8, 4) is 22.3 Å². The summed E-state index contributed by atoms with van der Waals surface area (Å²) in [6, 6.07) is 30.8. The molecule has 1 nitrogen and oxygen atoms in total. The maximum absolute atomic E-state index is 11.4. The van der Waals surface area contributed by atoms with Gasteiger partial charge in [-0.05, 0) is 39.1 Å². The Morgan fingerprint density at radius 1 is 0.583 bits per heavy atom. The van der Waals surface area contributed by atoms with Gasteiger partial charge >= 0.3 is 0 Å². The number of aldehydes is 1. The van der Waals surface area contributed by atoms with Crippen LogP contribution in [0.25, 0.3) is 33.0 Å². The number of hydrogen-bond acceptors (Lipinski definition) is 1. The van der Waals surface area contributed by atoms with Gasteiger partial charge in [-0.1, -0.05) is 84.9 Å². The van der Waals surface area contributed by atoms with Crippen LogP contribution in [-0.2, 0) is 0 Å². The van der Waals surface area contributed by atoms with Crippen LogP contribution in [-0.4, -0.2) is 6.29 Å². The first-order chi connectivity index (χ1) is 11.9. The van der Waals surface area contributed by atoms with E-state index in [0.717, 1.165) is 28.4 Å². The molecule has 0 radical (unpaired) electrons. The molecule has 4 rings (SSSR count). The van der Waals surface area contributed by atoms with Gasteiger partial charge in [-0.2, -0.15) is 0 Å². The Kier molecular flexibility index (Phi) is 3.68. The van der Waals surface area contributed by atoms with Gasteiger partial charge in [0.05, 0.1) is 0 Å².